The summed E-state index contributed by atoms with van der Waals surface area (Å²) < 4.78 is 13.1. The highest BCUT2D eigenvalue weighted by Gasteiger charge is 2.05. The number of hydrogen-bond donors (Lipinski definition) is 2. The summed E-state index contributed by atoms with van der Waals surface area (Å²) in [7, 11) is 0. The van der Waals surface area contributed by atoms with Crippen LogP contribution in [0.15, 0.2) is 24.3 Å². The molecule has 0 bridgehead atoms. The minimum atomic E-state index is -0.422. The zero-order chi connectivity index (χ0) is 11.1. The quantitative estimate of drug-likeness (QED) is 0.750. The van der Waals surface area contributed by atoms with Crippen LogP contribution in [0.5, 0.6) is 0 Å². The number of anilines is 1. The molecule has 3 N–H and O–H groups in total. The van der Waals surface area contributed by atoms with Crippen LogP contribution < -0.4 is 11.1 Å². The van der Waals surface area contributed by atoms with Gasteiger partial charge in [-0.1, -0.05) is 12.1 Å². The van der Waals surface area contributed by atoms with Gasteiger partial charge in [0.25, 0.3) is 0 Å². The number of thioether (sulfide) groups is 1. The standard InChI is InChI=1S/C10H13FN2OS/c11-8-3-1-2-4-9(8)13-10(14)7-15-6-5-12/h1-4H,5-7,12H2,(H,13,14). The van der Waals surface area contributed by atoms with Crippen LogP contribution in [-0.4, -0.2) is 24.0 Å². The number of nitrogens with two attached hydrogens (primary N) is 1. The first-order valence-electron chi connectivity index (χ1n) is 4.56. The Labute approximate surface area is 92.2 Å². The molecule has 5 heteroatoms. The lowest BCUT2D eigenvalue weighted by Gasteiger charge is -2.05. The lowest BCUT2D eigenvalue weighted by molar-refractivity contribution is -0.113. The van der Waals surface area contributed by atoms with Crippen LogP contribution in [0.1, 0.15) is 0 Å². The van der Waals surface area contributed by atoms with E-state index in [1.54, 1.807) is 12.1 Å². The number of nitrogens with one attached hydrogen (secondary N) is 1. The number of carbonyl (C=O) groups is 1. The van der Waals surface area contributed by atoms with Crippen LogP contribution in [0.4, 0.5) is 10.1 Å². The Kier molecular flexibility index (Phi) is 5.14. The van der Waals surface area contributed by atoms with Crippen molar-refractivity contribution in [1.29, 1.82) is 0 Å². The van der Waals surface area contributed by atoms with Crippen molar-refractivity contribution in [3.05, 3.63) is 30.1 Å². The molecule has 15 heavy (non-hydrogen) atoms. The van der Waals surface area contributed by atoms with E-state index in [1.807, 2.05) is 0 Å². The van der Waals surface area contributed by atoms with Crippen LogP contribution in [0.25, 0.3) is 0 Å². The van der Waals surface area contributed by atoms with E-state index in [0.29, 0.717) is 12.3 Å². The van der Waals surface area contributed by atoms with E-state index in [1.165, 1.54) is 23.9 Å². The van der Waals surface area contributed by atoms with E-state index in [2.05, 4.69) is 5.32 Å². The van der Waals surface area contributed by atoms with Crippen molar-refractivity contribution in [3.63, 3.8) is 0 Å². The van der Waals surface area contributed by atoms with Gasteiger partial charge in [-0.2, -0.15) is 11.8 Å². The second-order valence-corrected chi connectivity index (χ2v) is 3.97. The van der Waals surface area contributed by atoms with Gasteiger partial charge >= 0.3 is 0 Å². The summed E-state index contributed by atoms with van der Waals surface area (Å²) in [5.74, 6) is 0.393. The molecule has 0 saturated carbocycles. The molecule has 0 unspecified atom stereocenters. The number of hydrogen-bond acceptors (Lipinski definition) is 3. The van der Waals surface area contributed by atoms with Gasteiger partial charge in [-0.05, 0) is 12.1 Å². The molecule has 0 saturated heterocycles. The Morgan fingerprint density at radius 2 is 2.20 bits per heavy atom. The fourth-order valence-electron chi connectivity index (χ4n) is 0.997. The van der Waals surface area contributed by atoms with Gasteiger partial charge in [-0.3, -0.25) is 4.79 Å². The molecule has 0 aromatic heterocycles. The molecule has 1 aromatic carbocycles. The zero-order valence-electron chi connectivity index (χ0n) is 8.20. The number of para-hydroxylation sites is 1. The van der Waals surface area contributed by atoms with Crippen LogP contribution in [-0.2, 0) is 4.79 Å². The summed E-state index contributed by atoms with van der Waals surface area (Å²) in [6, 6.07) is 6.09. The lowest BCUT2D eigenvalue weighted by atomic mass is 10.3. The van der Waals surface area contributed by atoms with Crippen molar-refractivity contribution >= 4 is 23.4 Å². The molecular weight excluding hydrogens is 215 g/mol. The van der Waals surface area contributed by atoms with Crippen LogP contribution in [0, 0.1) is 5.82 Å². The third kappa shape index (κ3) is 4.31. The van der Waals surface area contributed by atoms with Crippen LogP contribution in [0.3, 0.4) is 0 Å². The minimum Gasteiger partial charge on any atom is -0.330 e. The first-order valence-corrected chi connectivity index (χ1v) is 5.71. The SMILES string of the molecule is NCCSCC(=O)Nc1ccccc1F. The summed E-state index contributed by atoms with van der Waals surface area (Å²) in [5, 5.41) is 2.49. The molecule has 1 rings (SSSR count). The third-order valence-corrected chi connectivity index (χ3v) is 2.63. The topological polar surface area (TPSA) is 55.1 Å². The fourth-order valence-corrected chi connectivity index (χ4v) is 1.57. The molecule has 0 spiro atoms. The lowest BCUT2D eigenvalue weighted by Crippen LogP contribution is -2.16. The fraction of sp³-hybridized carbons (Fsp3) is 0.300. The van der Waals surface area contributed by atoms with Crippen molar-refractivity contribution in [3.8, 4) is 0 Å². The van der Waals surface area contributed by atoms with E-state index >= 15 is 0 Å². The molecule has 0 atom stereocenters. The Morgan fingerprint density at radius 3 is 2.87 bits per heavy atom. The Morgan fingerprint density at radius 1 is 1.47 bits per heavy atom. The first-order chi connectivity index (χ1) is 7.24. The van der Waals surface area contributed by atoms with Crippen molar-refractivity contribution in [2.45, 2.75) is 0 Å². The van der Waals surface area contributed by atoms with Crippen molar-refractivity contribution in [2.75, 3.05) is 23.4 Å². The van der Waals surface area contributed by atoms with Gasteiger partial charge in [0.2, 0.25) is 5.91 Å². The summed E-state index contributed by atoms with van der Waals surface area (Å²) >= 11 is 1.43. The highest BCUT2D eigenvalue weighted by atomic mass is 32.2. The Balaban J connectivity index is 2.41. The van der Waals surface area contributed by atoms with Gasteiger partial charge in [0, 0.05) is 12.3 Å². The molecule has 0 heterocycles. The molecule has 0 aliphatic carbocycles. The van der Waals surface area contributed by atoms with Gasteiger partial charge in [0.15, 0.2) is 0 Å². The van der Waals surface area contributed by atoms with Gasteiger partial charge in [0.05, 0.1) is 11.4 Å². The average Bonchev–Trinajstić information content (AvgIpc) is 2.22. The minimum absolute atomic E-state index is 0.210. The molecule has 0 aliphatic rings. The third-order valence-electron chi connectivity index (χ3n) is 1.64. The smallest absolute Gasteiger partial charge is 0.234 e. The maximum Gasteiger partial charge on any atom is 0.234 e. The van der Waals surface area contributed by atoms with Gasteiger partial charge in [0.1, 0.15) is 5.82 Å². The largest absolute Gasteiger partial charge is 0.330 e. The molecule has 1 aromatic rings. The van der Waals surface area contributed by atoms with E-state index in [-0.39, 0.29) is 11.6 Å². The summed E-state index contributed by atoms with van der Waals surface area (Å²) in [4.78, 5) is 11.3. The van der Waals surface area contributed by atoms with Gasteiger partial charge < -0.3 is 11.1 Å². The highest BCUT2D eigenvalue weighted by Crippen LogP contribution is 2.12. The highest BCUT2D eigenvalue weighted by molar-refractivity contribution is 7.99. The van der Waals surface area contributed by atoms with Crippen molar-refractivity contribution < 1.29 is 9.18 Å². The predicted octanol–water partition coefficient (Wildman–Crippen LogP) is 1.46. The number of amides is 1. The van der Waals surface area contributed by atoms with E-state index < -0.39 is 5.82 Å². The van der Waals surface area contributed by atoms with E-state index in [0.717, 1.165) is 5.75 Å². The monoisotopic (exact) mass is 228 g/mol. The maximum absolute atomic E-state index is 13.1. The summed E-state index contributed by atoms with van der Waals surface area (Å²) in [5.41, 5.74) is 5.50. The maximum atomic E-state index is 13.1. The molecule has 3 nitrogen and oxygen atoms in total. The molecule has 1 amide bonds. The molecule has 0 radical (unpaired) electrons. The second-order valence-electron chi connectivity index (χ2n) is 2.87. The number of carbonyl (C=O) groups excluding carboxylic acids is 1. The zero-order valence-corrected chi connectivity index (χ0v) is 9.02. The first kappa shape index (κ1) is 12.0. The Hall–Kier alpha value is -1.07. The normalized spacial score (nSPS) is 10.0. The second kappa shape index (κ2) is 6.42. The summed E-state index contributed by atoms with van der Waals surface area (Å²) in [6.07, 6.45) is 0. The van der Waals surface area contributed by atoms with Gasteiger partial charge in [-0.25, -0.2) is 4.39 Å². The van der Waals surface area contributed by atoms with Crippen LogP contribution >= 0.6 is 11.8 Å². The van der Waals surface area contributed by atoms with Crippen LogP contribution in [0.2, 0.25) is 0 Å². The van der Waals surface area contributed by atoms with E-state index in [9.17, 15) is 9.18 Å². The molecule has 82 valence electrons. The Bertz CT molecular complexity index is 333. The number of rotatable bonds is 5. The summed E-state index contributed by atoms with van der Waals surface area (Å²) in [6.45, 7) is 0.539. The van der Waals surface area contributed by atoms with Crippen molar-refractivity contribution in [1.82, 2.24) is 0 Å². The number of benzene rings is 1. The van der Waals surface area contributed by atoms with Gasteiger partial charge in [-0.15, -0.1) is 0 Å². The molecule has 0 aliphatic heterocycles. The average molecular weight is 228 g/mol. The number of halogens is 1. The predicted molar refractivity (Wildman–Crippen MR) is 61.4 cm³/mol. The van der Waals surface area contributed by atoms with E-state index in [4.69, 9.17) is 5.73 Å². The van der Waals surface area contributed by atoms with Crippen molar-refractivity contribution in [2.24, 2.45) is 5.73 Å². The molecule has 0 fully saturated rings. The molecular formula is C10H13FN2OS.